The van der Waals surface area contributed by atoms with E-state index >= 15 is 0 Å². The molecule has 0 atom stereocenters. The SMILES string of the molecule is Cc1c(Br)cc(C(C)C)c(O)c1CC(C)(C)N. The lowest BCUT2D eigenvalue weighted by molar-refractivity contribution is 0.440. The van der Waals surface area contributed by atoms with Crippen molar-refractivity contribution in [1.82, 2.24) is 0 Å². The molecule has 1 rings (SSSR count). The first-order chi connectivity index (χ1) is 7.63. The highest BCUT2D eigenvalue weighted by Gasteiger charge is 2.21. The molecule has 2 nitrogen and oxygen atoms in total. The average Bonchev–Trinajstić information content (AvgIpc) is 2.16. The number of aromatic hydroxyl groups is 1. The summed E-state index contributed by atoms with van der Waals surface area (Å²) in [6, 6.07) is 2.00. The molecule has 3 heteroatoms. The zero-order chi connectivity index (χ0) is 13.4. The van der Waals surface area contributed by atoms with E-state index in [4.69, 9.17) is 5.73 Å². The van der Waals surface area contributed by atoms with E-state index in [1.807, 2.05) is 26.8 Å². The normalized spacial score (nSPS) is 12.2. The fourth-order valence-electron chi connectivity index (χ4n) is 1.92. The Morgan fingerprint density at radius 1 is 1.41 bits per heavy atom. The van der Waals surface area contributed by atoms with Gasteiger partial charge < -0.3 is 10.8 Å². The molecule has 0 radical (unpaired) electrons. The first kappa shape index (κ1) is 14.5. The molecule has 0 aromatic heterocycles. The standard InChI is InChI=1S/C14H22BrNO/c1-8(2)10-6-12(15)9(3)11(13(10)17)7-14(4,5)16/h6,8,17H,7,16H2,1-5H3. The zero-order valence-electron chi connectivity index (χ0n) is 11.3. The molecule has 0 aliphatic rings. The van der Waals surface area contributed by atoms with Gasteiger partial charge in [0.05, 0.1) is 0 Å². The summed E-state index contributed by atoms with van der Waals surface area (Å²) in [6.07, 6.45) is 0.670. The van der Waals surface area contributed by atoms with Crippen molar-refractivity contribution >= 4 is 15.9 Å². The highest BCUT2D eigenvalue weighted by Crippen LogP contribution is 2.37. The van der Waals surface area contributed by atoms with Crippen LogP contribution in [0.25, 0.3) is 0 Å². The van der Waals surface area contributed by atoms with Crippen molar-refractivity contribution < 1.29 is 5.11 Å². The van der Waals surface area contributed by atoms with Gasteiger partial charge in [0.15, 0.2) is 0 Å². The third-order valence-corrected chi connectivity index (χ3v) is 3.73. The van der Waals surface area contributed by atoms with Crippen LogP contribution in [0.1, 0.15) is 50.3 Å². The monoisotopic (exact) mass is 299 g/mol. The first-order valence-corrected chi connectivity index (χ1v) is 6.72. The second-order valence-corrected chi connectivity index (χ2v) is 6.57. The second kappa shape index (κ2) is 4.99. The largest absolute Gasteiger partial charge is 0.507 e. The van der Waals surface area contributed by atoms with E-state index in [2.05, 4.69) is 29.8 Å². The summed E-state index contributed by atoms with van der Waals surface area (Å²) in [5, 5.41) is 10.4. The minimum absolute atomic E-state index is 0.298. The quantitative estimate of drug-likeness (QED) is 0.890. The lowest BCUT2D eigenvalue weighted by Gasteiger charge is -2.23. The second-order valence-electron chi connectivity index (χ2n) is 5.72. The molecular weight excluding hydrogens is 278 g/mol. The maximum atomic E-state index is 10.4. The van der Waals surface area contributed by atoms with E-state index < -0.39 is 0 Å². The number of phenolic OH excluding ortho intramolecular Hbond substituents is 1. The van der Waals surface area contributed by atoms with Crippen LogP contribution in [0.3, 0.4) is 0 Å². The van der Waals surface area contributed by atoms with Crippen LogP contribution in [0.2, 0.25) is 0 Å². The minimum atomic E-state index is -0.322. The van der Waals surface area contributed by atoms with Crippen LogP contribution in [0.5, 0.6) is 5.75 Å². The maximum Gasteiger partial charge on any atom is 0.122 e. The summed E-state index contributed by atoms with van der Waals surface area (Å²) >= 11 is 3.55. The molecule has 0 unspecified atom stereocenters. The summed E-state index contributed by atoms with van der Waals surface area (Å²) in [5.41, 5.74) is 8.74. The average molecular weight is 300 g/mol. The van der Waals surface area contributed by atoms with E-state index in [0.29, 0.717) is 18.1 Å². The molecule has 0 amide bonds. The summed E-state index contributed by atoms with van der Waals surface area (Å²) in [4.78, 5) is 0. The van der Waals surface area contributed by atoms with Crippen molar-refractivity contribution in [2.45, 2.75) is 52.5 Å². The summed E-state index contributed by atoms with van der Waals surface area (Å²) in [7, 11) is 0. The topological polar surface area (TPSA) is 46.2 Å². The molecular formula is C14H22BrNO. The number of halogens is 1. The molecule has 0 fully saturated rings. The lowest BCUT2D eigenvalue weighted by atomic mass is 9.89. The van der Waals surface area contributed by atoms with Crippen molar-refractivity contribution in [3.05, 3.63) is 27.2 Å². The third kappa shape index (κ3) is 3.46. The highest BCUT2D eigenvalue weighted by atomic mass is 79.9. The van der Waals surface area contributed by atoms with Crippen LogP contribution in [-0.4, -0.2) is 10.6 Å². The molecule has 17 heavy (non-hydrogen) atoms. The van der Waals surface area contributed by atoms with Gasteiger partial charge in [-0.15, -0.1) is 0 Å². The zero-order valence-corrected chi connectivity index (χ0v) is 12.9. The fraction of sp³-hybridized carbons (Fsp3) is 0.571. The maximum absolute atomic E-state index is 10.4. The Labute approximate surface area is 112 Å². The van der Waals surface area contributed by atoms with E-state index in [1.54, 1.807) is 0 Å². The van der Waals surface area contributed by atoms with Gasteiger partial charge in [-0.3, -0.25) is 0 Å². The van der Waals surface area contributed by atoms with Gasteiger partial charge >= 0.3 is 0 Å². The minimum Gasteiger partial charge on any atom is -0.507 e. The Hall–Kier alpha value is -0.540. The predicted molar refractivity (Wildman–Crippen MR) is 76.6 cm³/mol. The van der Waals surface area contributed by atoms with Crippen LogP contribution in [0, 0.1) is 6.92 Å². The molecule has 0 spiro atoms. The van der Waals surface area contributed by atoms with E-state index in [1.165, 1.54) is 0 Å². The van der Waals surface area contributed by atoms with Gasteiger partial charge in [0.1, 0.15) is 5.75 Å². The number of hydrogen-bond donors (Lipinski definition) is 2. The Morgan fingerprint density at radius 3 is 2.35 bits per heavy atom. The van der Waals surface area contributed by atoms with Crippen LogP contribution in [0.15, 0.2) is 10.5 Å². The summed E-state index contributed by atoms with van der Waals surface area (Å²) in [6.45, 7) is 10.1. The van der Waals surface area contributed by atoms with Gasteiger partial charge in [0.25, 0.3) is 0 Å². The van der Waals surface area contributed by atoms with Crippen molar-refractivity contribution in [3.8, 4) is 5.75 Å². The molecule has 1 aromatic carbocycles. The summed E-state index contributed by atoms with van der Waals surface area (Å²) in [5.74, 6) is 0.700. The van der Waals surface area contributed by atoms with Gasteiger partial charge in [-0.05, 0) is 55.9 Å². The number of nitrogens with two attached hydrogens (primary N) is 1. The number of benzene rings is 1. The van der Waals surface area contributed by atoms with Gasteiger partial charge in [-0.25, -0.2) is 0 Å². The first-order valence-electron chi connectivity index (χ1n) is 5.93. The molecule has 0 bridgehead atoms. The van der Waals surface area contributed by atoms with E-state index in [0.717, 1.165) is 21.2 Å². The lowest BCUT2D eigenvalue weighted by Crippen LogP contribution is -2.34. The van der Waals surface area contributed by atoms with Gasteiger partial charge in [-0.1, -0.05) is 29.8 Å². The Morgan fingerprint density at radius 2 is 1.94 bits per heavy atom. The molecule has 0 heterocycles. The van der Waals surface area contributed by atoms with Gasteiger partial charge in [0, 0.05) is 10.0 Å². The fourth-order valence-corrected chi connectivity index (χ4v) is 2.41. The Kier molecular flexibility index (Phi) is 4.26. The Bertz CT molecular complexity index is 419. The molecule has 0 saturated carbocycles. The van der Waals surface area contributed by atoms with Crippen molar-refractivity contribution in [2.24, 2.45) is 5.73 Å². The van der Waals surface area contributed by atoms with Crippen molar-refractivity contribution in [3.63, 3.8) is 0 Å². The molecule has 1 aromatic rings. The van der Waals surface area contributed by atoms with Gasteiger partial charge in [-0.2, -0.15) is 0 Å². The number of rotatable bonds is 3. The van der Waals surface area contributed by atoms with Crippen LogP contribution in [-0.2, 0) is 6.42 Å². The Balaban J connectivity index is 3.37. The molecule has 0 aliphatic carbocycles. The molecule has 0 aliphatic heterocycles. The summed E-state index contributed by atoms with van der Waals surface area (Å²) < 4.78 is 1.04. The molecule has 0 saturated heterocycles. The smallest absolute Gasteiger partial charge is 0.122 e. The third-order valence-electron chi connectivity index (χ3n) is 2.91. The van der Waals surface area contributed by atoms with Gasteiger partial charge in [0.2, 0.25) is 0 Å². The molecule has 3 N–H and O–H groups in total. The predicted octanol–water partition coefficient (Wildman–Crippen LogP) is 3.87. The van der Waals surface area contributed by atoms with Crippen LogP contribution >= 0.6 is 15.9 Å². The van der Waals surface area contributed by atoms with Crippen molar-refractivity contribution in [1.29, 1.82) is 0 Å². The van der Waals surface area contributed by atoms with E-state index in [9.17, 15) is 5.11 Å². The van der Waals surface area contributed by atoms with E-state index in [-0.39, 0.29) is 5.54 Å². The van der Waals surface area contributed by atoms with Crippen LogP contribution in [0.4, 0.5) is 0 Å². The highest BCUT2D eigenvalue weighted by molar-refractivity contribution is 9.10. The van der Waals surface area contributed by atoms with Crippen molar-refractivity contribution in [2.75, 3.05) is 0 Å². The number of phenols is 1. The molecule has 96 valence electrons. The van der Waals surface area contributed by atoms with Crippen LogP contribution < -0.4 is 5.73 Å². The number of hydrogen-bond acceptors (Lipinski definition) is 2.